The Balaban J connectivity index is 2.53. The second kappa shape index (κ2) is 6.83. The summed E-state index contributed by atoms with van der Waals surface area (Å²) < 4.78 is 0.921. The molecule has 0 bridgehead atoms. The molecule has 0 fully saturated rings. The molecule has 1 aromatic carbocycles. The number of fused-ring (bicyclic) bond motifs is 1. The van der Waals surface area contributed by atoms with Crippen LogP contribution >= 0.6 is 15.9 Å². The summed E-state index contributed by atoms with van der Waals surface area (Å²) in [4.78, 5) is 18.7. The number of aryl methyl sites for hydroxylation is 1. The van der Waals surface area contributed by atoms with Crippen LogP contribution in [-0.4, -0.2) is 40.6 Å². The molecule has 0 aliphatic heterocycles. The van der Waals surface area contributed by atoms with Gasteiger partial charge in [0.15, 0.2) is 0 Å². The van der Waals surface area contributed by atoms with Gasteiger partial charge in [-0.2, -0.15) is 0 Å². The Morgan fingerprint density at radius 1 is 1.48 bits per heavy atom. The van der Waals surface area contributed by atoms with Gasteiger partial charge in [0.25, 0.3) is 5.91 Å². The third kappa shape index (κ3) is 3.49. The standard InChI is InChI=1S/C16H17BrN2O2/c1-3-6-19(7-8-20)16(21)14-9-11(2)18-15-10-12(17)4-5-13(14)15/h3-5,9-10,20H,1,6-8H2,2H3. The molecule has 21 heavy (non-hydrogen) atoms. The summed E-state index contributed by atoms with van der Waals surface area (Å²) in [5.74, 6) is -0.123. The first-order valence-electron chi connectivity index (χ1n) is 6.64. The Labute approximate surface area is 132 Å². The average molecular weight is 349 g/mol. The van der Waals surface area contributed by atoms with Crippen LogP contribution in [0.5, 0.6) is 0 Å². The Kier molecular flexibility index (Phi) is 5.09. The van der Waals surface area contributed by atoms with Crippen LogP contribution in [0.1, 0.15) is 16.1 Å². The Morgan fingerprint density at radius 3 is 2.90 bits per heavy atom. The van der Waals surface area contributed by atoms with Crippen molar-refractivity contribution in [2.75, 3.05) is 19.7 Å². The maximum atomic E-state index is 12.7. The summed E-state index contributed by atoms with van der Waals surface area (Å²) in [6.45, 7) is 6.13. The number of halogens is 1. The van der Waals surface area contributed by atoms with Gasteiger partial charge in [-0.1, -0.05) is 28.1 Å². The summed E-state index contributed by atoms with van der Waals surface area (Å²) >= 11 is 3.42. The number of pyridine rings is 1. The number of carbonyl (C=O) groups excluding carboxylic acids is 1. The topological polar surface area (TPSA) is 53.4 Å². The third-order valence-corrected chi connectivity index (χ3v) is 3.63. The van der Waals surface area contributed by atoms with Crippen LogP contribution < -0.4 is 0 Å². The minimum Gasteiger partial charge on any atom is -0.395 e. The van der Waals surface area contributed by atoms with E-state index in [4.69, 9.17) is 5.11 Å². The van der Waals surface area contributed by atoms with Crippen LogP contribution in [0.25, 0.3) is 10.9 Å². The quantitative estimate of drug-likeness (QED) is 0.845. The lowest BCUT2D eigenvalue weighted by Gasteiger charge is -2.21. The van der Waals surface area contributed by atoms with Crippen molar-refractivity contribution >= 4 is 32.7 Å². The molecule has 0 saturated carbocycles. The first kappa shape index (κ1) is 15.7. The Bertz CT molecular complexity index is 680. The van der Waals surface area contributed by atoms with Crippen LogP contribution in [0.3, 0.4) is 0 Å². The summed E-state index contributed by atoms with van der Waals surface area (Å²) in [6, 6.07) is 7.44. The number of aliphatic hydroxyl groups is 1. The number of carbonyl (C=O) groups is 1. The molecule has 0 radical (unpaired) electrons. The minimum atomic E-state index is -0.123. The van der Waals surface area contributed by atoms with Crippen molar-refractivity contribution in [1.82, 2.24) is 9.88 Å². The van der Waals surface area contributed by atoms with Crippen molar-refractivity contribution in [3.63, 3.8) is 0 Å². The highest BCUT2D eigenvalue weighted by Gasteiger charge is 2.18. The molecular formula is C16H17BrN2O2. The maximum absolute atomic E-state index is 12.7. The highest BCUT2D eigenvalue weighted by Crippen LogP contribution is 2.23. The van der Waals surface area contributed by atoms with E-state index in [0.29, 0.717) is 12.1 Å². The Hall–Kier alpha value is -1.72. The average Bonchev–Trinajstić information content (AvgIpc) is 2.45. The first-order valence-corrected chi connectivity index (χ1v) is 7.44. The highest BCUT2D eigenvalue weighted by atomic mass is 79.9. The predicted octanol–water partition coefficient (Wildman–Crippen LogP) is 2.93. The molecular weight excluding hydrogens is 332 g/mol. The van der Waals surface area contributed by atoms with Crippen LogP contribution in [0.15, 0.2) is 41.4 Å². The molecule has 1 aromatic heterocycles. The maximum Gasteiger partial charge on any atom is 0.254 e. The monoisotopic (exact) mass is 348 g/mol. The van der Waals surface area contributed by atoms with E-state index in [-0.39, 0.29) is 19.1 Å². The second-order valence-electron chi connectivity index (χ2n) is 4.74. The molecule has 0 unspecified atom stereocenters. The van der Waals surface area contributed by atoms with Gasteiger partial charge in [0.05, 0.1) is 17.7 Å². The second-order valence-corrected chi connectivity index (χ2v) is 5.65. The molecule has 1 heterocycles. The van der Waals surface area contributed by atoms with E-state index in [1.165, 1.54) is 0 Å². The lowest BCUT2D eigenvalue weighted by atomic mass is 10.1. The molecule has 0 atom stereocenters. The van der Waals surface area contributed by atoms with Gasteiger partial charge >= 0.3 is 0 Å². The van der Waals surface area contributed by atoms with Gasteiger partial charge < -0.3 is 10.0 Å². The van der Waals surface area contributed by atoms with Crippen molar-refractivity contribution in [2.45, 2.75) is 6.92 Å². The molecule has 0 aliphatic rings. The first-order chi connectivity index (χ1) is 10.1. The molecule has 5 heteroatoms. The molecule has 110 valence electrons. The van der Waals surface area contributed by atoms with Crippen LogP contribution in [-0.2, 0) is 0 Å². The number of amides is 1. The molecule has 1 N–H and O–H groups in total. The van der Waals surface area contributed by atoms with Crippen LogP contribution in [0.4, 0.5) is 0 Å². The molecule has 1 amide bonds. The van der Waals surface area contributed by atoms with E-state index in [0.717, 1.165) is 21.1 Å². The van der Waals surface area contributed by atoms with E-state index < -0.39 is 0 Å². The molecule has 0 spiro atoms. The van der Waals surface area contributed by atoms with Crippen molar-refractivity contribution < 1.29 is 9.90 Å². The smallest absolute Gasteiger partial charge is 0.254 e. The van der Waals surface area contributed by atoms with E-state index >= 15 is 0 Å². The van der Waals surface area contributed by atoms with E-state index in [1.807, 2.05) is 25.1 Å². The van der Waals surface area contributed by atoms with Crippen LogP contribution in [0.2, 0.25) is 0 Å². The van der Waals surface area contributed by atoms with Gasteiger partial charge in [0, 0.05) is 28.6 Å². The Morgan fingerprint density at radius 2 is 2.24 bits per heavy atom. The summed E-state index contributed by atoms with van der Waals surface area (Å²) in [7, 11) is 0. The number of rotatable bonds is 5. The predicted molar refractivity (Wildman–Crippen MR) is 87.4 cm³/mol. The molecule has 0 aliphatic carbocycles. The molecule has 4 nitrogen and oxygen atoms in total. The zero-order valence-corrected chi connectivity index (χ0v) is 13.4. The molecule has 2 rings (SSSR count). The number of hydrogen-bond acceptors (Lipinski definition) is 3. The van der Waals surface area contributed by atoms with Crippen molar-refractivity contribution in [2.24, 2.45) is 0 Å². The third-order valence-electron chi connectivity index (χ3n) is 3.14. The lowest BCUT2D eigenvalue weighted by Crippen LogP contribution is -2.33. The lowest BCUT2D eigenvalue weighted by molar-refractivity contribution is 0.0744. The van der Waals surface area contributed by atoms with Crippen molar-refractivity contribution in [3.05, 3.63) is 52.7 Å². The van der Waals surface area contributed by atoms with Crippen molar-refractivity contribution in [1.29, 1.82) is 0 Å². The van der Waals surface area contributed by atoms with Gasteiger partial charge in [-0.15, -0.1) is 6.58 Å². The van der Waals surface area contributed by atoms with Gasteiger partial charge in [0.1, 0.15) is 0 Å². The fourth-order valence-electron chi connectivity index (χ4n) is 2.23. The zero-order valence-electron chi connectivity index (χ0n) is 11.8. The highest BCUT2D eigenvalue weighted by molar-refractivity contribution is 9.10. The van der Waals surface area contributed by atoms with Crippen LogP contribution in [0, 0.1) is 6.92 Å². The number of benzene rings is 1. The van der Waals surface area contributed by atoms with E-state index in [1.54, 1.807) is 17.0 Å². The van der Waals surface area contributed by atoms with Gasteiger partial charge in [-0.05, 0) is 25.1 Å². The molecule has 0 saturated heterocycles. The summed E-state index contributed by atoms with van der Waals surface area (Å²) in [5, 5.41) is 9.92. The summed E-state index contributed by atoms with van der Waals surface area (Å²) in [6.07, 6.45) is 1.65. The van der Waals surface area contributed by atoms with Gasteiger partial charge in [-0.25, -0.2) is 0 Å². The number of hydrogen-bond donors (Lipinski definition) is 1. The zero-order chi connectivity index (χ0) is 15.4. The van der Waals surface area contributed by atoms with E-state index in [9.17, 15) is 4.79 Å². The van der Waals surface area contributed by atoms with Crippen molar-refractivity contribution in [3.8, 4) is 0 Å². The normalized spacial score (nSPS) is 10.6. The SMILES string of the molecule is C=CCN(CCO)C(=O)c1cc(C)nc2cc(Br)ccc12. The largest absolute Gasteiger partial charge is 0.395 e. The van der Waals surface area contributed by atoms with Gasteiger partial charge in [0.2, 0.25) is 0 Å². The minimum absolute atomic E-state index is 0.0763. The van der Waals surface area contributed by atoms with E-state index in [2.05, 4.69) is 27.5 Å². The van der Waals surface area contributed by atoms with Gasteiger partial charge in [-0.3, -0.25) is 9.78 Å². The molecule has 2 aromatic rings. The summed E-state index contributed by atoms with van der Waals surface area (Å²) in [5.41, 5.74) is 2.15. The number of aromatic nitrogens is 1. The number of nitrogens with zero attached hydrogens (tertiary/aromatic N) is 2. The number of aliphatic hydroxyl groups excluding tert-OH is 1. The fraction of sp³-hybridized carbons (Fsp3) is 0.250. The fourth-order valence-corrected chi connectivity index (χ4v) is 2.58.